The maximum absolute atomic E-state index is 11.3. The minimum Gasteiger partial charge on any atom is -0.322 e. The van der Waals surface area contributed by atoms with Crippen LogP contribution in [0.15, 0.2) is 12.5 Å². The van der Waals surface area contributed by atoms with Gasteiger partial charge in [0.2, 0.25) is 5.91 Å². The van der Waals surface area contributed by atoms with Gasteiger partial charge in [0.25, 0.3) is 0 Å². The van der Waals surface area contributed by atoms with Crippen LogP contribution >= 0.6 is 0 Å². The van der Waals surface area contributed by atoms with Gasteiger partial charge in [-0.05, 0) is 12.8 Å². The van der Waals surface area contributed by atoms with Gasteiger partial charge < -0.3 is 11.1 Å². The highest BCUT2D eigenvalue weighted by molar-refractivity contribution is 5.95. The number of amides is 1. The molecule has 0 bridgehead atoms. The molecule has 13 heavy (non-hydrogen) atoms. The van der Waals surface area contributed by atoms with Crippen LogP contribution in [0.2, 0.25) is 0 Å². The van der Waals surface area contributed by atoms with Crippen molar-refractivity contribution in [1.82, 2.24) is 9.97 Å². The van der Waals surface area contributed by atoms with Crippen LogP contribution in [0.5, 0.6) is 0 Å². The Bertz CT molecular complexity index is 339. The van der Waals surface area contributed by atoms with Gasteiger partial charge in [0.1, 0.15) is 6.33 Å². The number of nitrogens with zero attached hydrogens (tertiary/aromatic N) is 2. The molecule has 2 rings (SSSR count). The van der Waals surface area contributed by atoms with Crippen LogP contribution in [0.3, 0.4) is 0 Å². The highest BCUT2D eigenvalue weighted by Crippen LogP contribution is 2.17. The number of aromatic nitrogens is 2. The zero-order chi connectivity index (χ0) is 9.26. The molecule has 0 radical (unpaired) electrons. The SMILES string of the molecule is N[C@H]1CCc2ncncc2NC1=O. The van der Waals surface area contributed by atoms with Gasteiger partial charge >= 0.3 is 0 Å². The van der Waals surface area contributed by atoms with Crippen LogP contribution in [0.4, 0.5) is 5.69 Å². The number of rotatable bonds is 0. The number of hydrogen-bond donors (Lipinski definition) is 2. The van der Waals surface area contributed by atoms with E-state index in [-0.39, 0.29) is 5.91 Å². The number of aryl methyl sites for hydroxylation is 1. The van der Waals surface area contributed by atoms with Gasteiger partial charge in [0.15, 0.2) is 0 Å². The van der Waals surface area contributed by atoms with Crippen LogP contribution in [0.1, 0.15) is 12.1 Å². The van der Waals surface area contributed by atoms with E-state index in [1.165, 1.54) is 6.33 Å². The summed E-state index contributed by atoms with van der Waals surface area (Å²) in [7, 11) is 0. The lowest BCUT2D eigenvalue weighted by molar-refractivity contribution is -0.117. The standard InChI is InChI=1S/C8H10N4O/c9-5-1-2-6-7(12-8(5)13)3-10-4-11-6/h3-5H,1-2,9H2,(H,12,13)/t5-/m0/s1. The van der Waals surface area contributed by atoms with Crippen molar-refractivity contribution in [3.05, 3.63) is 18.2 Å². The fourth-order valence-corrected chi connectivity index (χ4v) is 1.31. The average Bonchev–Trinajstić information content (AvgIpc) is 2.28. The third kappa shape index (κ3) is 1.50. The molecule has 3 N–H and O–H groups in total. The molecule has 0 saturated carbocycles. The lowest BCUT2D eigenvalue weighted by Crippen LogP contribution is -2.34. The minimum absolute atomic E-state index is 0.159. The third-order valence-corrected chi connectivity index (χ3v) is 2.08. The molecular weight excluding hydrogens is 168 g/mol. The smallest absolute Gasteiger partial charge is 0.241 e. The van der Waals surface area contributed by atoms with Crippen molar-refractivity contribution < 1.29 is 4.79 Å². The third-order valence-electron chi connectivity index (χ3n) is 2.08. The van der Waals surface area contributed by atoms with Crippen LogP contribution in [-0.2, 0) is 11.2 Å². The predicted molar refractivity (Wildman–Crippen MR) is 47.0 cm³/mol. The van der Waals surface area contributed by atoms with Crippen molar-refractivity contribution in [1.29, 1.82) is 0 Å². The molecule has 1 aromatic rings. The Hall–Kier alpha value is -1.49. The zero-order valence-electron chi connectivity index (χ0n) is 7.03. The number of carbonyl (C=O) groups is 1. The van der Waals surface area contributed by atoms with Gasteiger partial charge in [-0.25, -0.2) is 9.97 Å². The Morgan fingerprint density at radius 2 is 2.46 bits per heavy atom. The quantitative estimate of drug-likeness (QED) is 0.571. The lowest BCUT2D eigenvalue weighted by Gasteiger charge is -2.05. The number of hydrogen-bond acceptors (Lipinski definition) is 4. The van der Waals surface area contributed by atoms with Crippen molar-refractivity contribution in [2.24, 2.45) is 5.73 Å². The van der Waals surface area contributed by atoms with Crippen molar-refractivity contribution in [2.45, 2.75) is 18.9 Å². The first kappa shape index (κ1) is 8.12. The molecule has 1 aliphatic rings. The van der Waals surface area contributed by atoms with Crippen LogP contribution in [0, 0.1) is 0 Å². The van der Waals surface area contributed by atoms with E-state index in [0.29, 0.717) is 12.1 Å². The van der Waals surface area contributed by atoms with Gasteiger partial charge in [0, 0.05) is 0 Å². The van der Waals surface area contributed by atoms with E-state index in [4.69, 9.17) is 5.73 Å². The minimum atomic E-state index is -0.436. The summed E-state index contributed by atoms with van der Waals surface area (Å²) in [6, 6.07) is -0.436. The molecule has 0 saturated heterocycles. The summed E-state index contributed by atoms with van der Waals surface area (Å²) in [4.78, 5) is 19.2. The van der Waals surface area contributed by atoms with E-state index < -0.39 is 6.04 Å². The number of carbonyl (C=O) groups excluding carboxylic acids is 1. The molecule has 0 unspecified atom stereocenters. The first-order valence-corrected chi connectivity index (χ1v) is 4.12. The van der Waals surface area contributed by atoms with E-state index in [0.717, 1.165) is 12.1 Å². The van der Waals surface area contributed by atoms with E-state index in [9.17, 15) is 4.79 Å². The van der Waals surface area contributed by atoms with Gasteiger partial charge in [-0.1, -0.05) is 0 Å². The van der Waals surface area contributed by atoms with Crippen molar-refractivity contribution in [3.8, 4) is 0 Å². The number of nitrogens with one attached hydrogen (secondary N) is 1. The fraction of sp³-hybridized carbons (Fsp3) is 0.375. The maximum atomic E-state index is 11.3. The predicted octanol–water partition coefficient (Wildman–Crippen LogP) is -0.311. The Morgan fingerprint density at radius 1 is 1.62 bits per heavy atom. The first-order chi connectivity index (χ1) is 6.27. The molecule has 0 aliphatic carbocycles. The Morgan fingerprint density at radius 3 is 3.31 bits per heavy atom. The van der Waals surface area contributed by atoms with Crippen molar-refractivity contribution >= 4 is 11.6 Å². The number of fused-ring (bicyclic) bond motifs is 1. The van der Waals surface area contributed by atoms with Crippen LogP contribution in [-0.4, -0.2) is 21.9 Å². The second-order valence-electron chi connectivity index (χ2n) is 3.02. The van der Waals surface area contributed by atoms with Crippen molar-refractivity contribution in [2.75, 3.05) is 5.32 Å². The van der Waals surface area contributed by atoms with Crippen LogP contribution in [0.25, 0.3) is 0 Å². The summed E-state index contributed by atoms with van der Waals surface area (Å²) in [6.45, 7) is 0. The average molecular weight is 178 g/mol. The summed E-state index contributed by atoms with van der Waals surface area (Å²) in [5, 5.41) is 2.68. The first-order valence-electron chi connectivity index (χ1n) is 4.12. The molecule has 5 heteroatoms. The molecular formula is C8H10N4O. The topological polar surface area (TPSA) is 80.9 Å². The van der Waals surface area contributed by atoms with Crippen LogP contribution < -0.4 is 11.1 Å². The van der Waals surface area contributed by atoms with Gasteiger partial charge in [0.05, 0.1) is 23.6 Å². The lowest BCUT2D eigenvalue weighted by atomic mass is 10.1. The Balaban J connectivity index is 2.35. The Kier molecular flexibility index (Phi) is 1.94. The fourth-order valence-electron chi connectivity index (χ4n) is 1.31. The molecule has 0 fully saturated rings. The summed E-state index contributed by atoms with van der Waals surface area (Å²) in [5.41, 5.74) is 7.14. The molecule has 5 nitrogen and oxygen atoms in total. The molecule has 2 heterocycles. The van der Waals surface area contributed by atoms with E-state index in [2.05, 4.69) is 15.3 Å². The molecule has 1 aromatic heterocycles. The second kappa shape index (κ2) is 3.10. The van der Waals surface area contributed by atoms with Gasteiger partial charge in [-0.2, -0.15) is 0 Å². The highest BCUT2D eigenvalue weighted by atomic mass is 16.2. The number of anilines is 1. The van der Waals surface area contributed by atoms with Gasteiger partial charge in [-0.3, -0.25) is 4.79 Å². The van der Waals surface area contributed by atoms with E-state index in [1.54, 1.807) is 6.20 Å². The summed E-state index contributed by atoms with van der Waals surface area (Å²) >= 11 is 0. The van der Waals surface area contributed by atoms with Crippen molar-refractivity contribution in [3.63, 3.8) is 0 Å². The molecule has 1 aliphatic heterocycles. The normalized spacial score (nSPS) is 21.6. The second-order valence-corrected chi connectivity index (χ2v) is 3.02. The molecule has 1 atom stereocenters. The molecule has 0 spiro atoms. The molecule has 1 amide bonds. The van der Waals surface area contributed by atoms with E-state index in [1.807, 2.05) is 0 Å². The van der Waals surface area contributed by atoms with E-state index >= 15 is 0 Å². The maximum Gasteiger partial charge on any atom is 0.241 e. The largest absolute Gasteiger partial charge is 0.322 e. The van der Waals surface area contributed by atoms with Gasteiger partial charge in [-0.15, -0.1) is 0 Å². The molecule has 68 valence electrons. The summed E-state index contributed by atoms with van der Waals surface area (Å²) in [5.74, 6) is -0.159. The zero-order valence-corrected chi connectivity index (χ0v) is 7.03. The summed E-state index contributed by atoms with van der Waals surface area (Å²) < 4.78 is 0. The highest BCUT2D eigenvalue weighted by Gasteiger charge is 2.20. The summed E-state index contributed by atoms with van der Waals surface area (Å²) in [6.07, 6.45) is 4.42. The monoisotopic (exact) mass is 178 g/mol. The molecule has 0 aromatic carbocycles. The number of nitrogens with two attached hydrogens (primary N) is 1. The Labute approximate surface area is 75.4 Å².